The number of amides is 2. The van der Waals surface area contributed by atoms with Gasteiger partial charge in [-0.1, -0.05) is 60.7 Å². The first-order valence-electron chi connectivity index (χ1n) is 12.7. The normalized spacial score (nSPS) is 15.5. The van der Waals surface area contributed by atoms with Gasteiger partial charge in [0.1, 0.15) is 12.6 Å². The predicted octanol–water partition coefficient (Wildman–Crippen LogP) is 5.30. The van der Waals surface area contributed by atoms with Crippen molar-refractivity contribution in [2.45, 2.75) is 70.8 Å². The van der Waals surface area contributed by atoms with E-state index in [-0.39, 0.29) is 24.2 Å². The summed E-state index contributed by atoms with van der Waals surface area (Å²) in [5.74, 6) is -1.12. The van der Waals surface area contributed by atoms with Gasteiger partial charge in [0.2, 0.25) is 21.8 Å². The van der Waals surface area contributed by atoms with Crippen LogP contribution < -0.4 is 9.62 Å². The van der Waals surface area contributed by atoms with Crippen LogP contribution in [0.4, 0.5) is 18.9 Å². The van der Waals surface area contributed by atoms with Gasteiger partial charge < -0.3 is 10.2 Å². The average molecular weight is 588 g/mol. The van der Waals surface area contributed by atoms with Crippen LogP contribution in [0, 0.1) is 6.92 Å². The highest BCUT2D eigenvalue weighted by Crippen LogP contribution is 2.37. The summed E-state index contributed by atoms with van der Waals surface area (Å²) in [5.41, 5.74) is 0.117. The van der Waals surface area contributed by atoms with Crippen molar-refractivity contribution in [1.82, 2.24) is 10.2 Å². The van der Waals surface area contributed by atoms with E-state index in [9.17, 15) is 31.2 Å². The van der Waals surface area contributed by atoms with Crippen molar-refractivity contribution in [3.63, 3.8) is 0 Å². The summed E-state index contributed by atoms with van der Waals surface area (Å²) < 4.78 is 66.3. The van der Waals surface area contributed by atoms with Gasteiger partial charge in [0.15, 0.2) is 0 Å². The molecule has 2 amide bonds. The molecular weight excluding hydrogens is 555 g/mol. The highest BCUT2D eigenvalue weighted by atomic mass is 35.5. The Balaban J connectivity index is 1.92. The van der Waals surface area contributed by atoms with Gasteiger partial charge in [0, 0.05) is 12.6 Å². The van der Waals surface area contributed by atoms with Crippen LogP contribution in [0.1, 0.15) is 55.7 Å². The SMILES string of the molecule is Cc1ccc(CN(C(=O)CN(c2ccc(Cl)c(C(F)(F)F)c2)S(C)(=O)=O)[C@H](C)C(=O)NC2CCCCC2)cc1. The lowest BCUT2D eigenvalue weighted by Gasteiger charge is -2.33. The van der Waals surface area contributed by atoms with E-state index in [1.807, 2.05) is 19.1 Å². The molecule has 0 spiro atoms. The van der Waals surface area contributed by atoms with Crippen molar-refractivity contribution in [3.05, 3.63) is 64.2 Å². The van der Waals surface area contributed by atoms with Crippen molar-refractivity contribution in [3.8, 4) is 0 Å². The number of nitrogens with one attached hydrogen (secondary N) is 1. The first-order valence-corrected chi connectivity index (χ1v) is 14.9. The van der Waals surface area contributed by atoms with Crippen LogP contribution in [-0.2, 0) is 32.3 Å². The van der Waals surface area contributed by atoms with Gasteiger partial charge in [0.05, 0.1) is 22.5 Å². The lowest BCUT2D eigenvalue weighted by atomic mass is 9.95. The number of nitrogens with zero attached hydrogens (tertiary/aromatic N) is 2. The quantitative estimate of drug-likeness (QED) is 0.431. The number of carbonyl (C=O) groups excluding carboxylic acids is 2. The van der Waals surface area contributed by atoms with E-state index in [1.54, 1.807) is 19.1 Å². The minimum atomic E-state index is -4.83. The Bertz CT molecular complexity index is 1280. The largest absolute Gasteiger partial charge is 0.417 e. The van der Waals surface area contributed by atoms with E-state index in [0.29, 0.717) is 15.9 Å². The summed E-state index contributed by atoms with van der Waals surface area (Å²) in [6.07, 6.45) is 0.733. The minimum Gasteiger partial charge on any atom is -0.352 e. The van der Waals surface area contributed by atoms with Crippen LogP contribution in [0.3, 0.4) is 0 Å². The Morgan fingerprint density at radius 2 is 1.69 bits per heavy atom. The van der Waals surface area contributed by atoms with Gasteiger partial charge in [-0.25, -0.2) is 8.42 Å². The molecular formula is C27H33ClF3N3O4S. The first-order chi connectivity index (χ1) is 18.2. The van der Waals surface area contributed by atoms with E-state index in [4.69, 9.17) is 11.6 Å². The van der Waals surface area contributed by atoms with Gasteiger partial charge in [-0.3, -0.25) is 13.9 Å². The smallest absolute Gasteiger partial charge is 0.352 e. The summed E-state index contributed by atoms with van der Waals surface area (Å²) in [4.78, 5) is 28.0. The molecule has 0 bridgehead atoms. The van der Waals surface area contributed by atoms with Crippen LogP contribution >= 0.6 is 11.6 Å². The van der Waals surface area contributed by atoms with E-state index in [0.717, 1.165) is 56.1 Å². The van der Waals surface area contributed by atoms with E-state index >= 15 is 0 Å². The fourth-order valence-corrected chi connectivity index (χ4v) is 5.61. The monoisotopic (exact) mass is 587 g/mol. The minimum absolute atomic E-state index is 0.00435. The predicted molar refractivity (Wildman–Crippen MR) is 145 cm³/mol. The molecule has 1 atom stereocenters. The topological polar surface area (TPSA) is 86.8 Å². The van der Waals surface area contributed by atoms with Gasteiger partial charge in [-0.2, -0.15) is 13.2 Å². The molecule has 0 aromatic heterocycles. The van der Waals surface area contributed by atoms with E-state index < -0.39 is 45.3 Å². The summed E-state index contributed by atoms with van der Waals surface area (Å²) in [6, 6.07) is 8.96. The molecule has 0 aliphatic heterocycles. The lowest BCUT2D eigenvalue weighted by Crippen LogP contribution is -2.53. The number of rotatable bonds is 9. The third kappa shape index (κ3) is 8.35. The number of halogens is 4. The second-order valence-electron chi connectivity index (χ2n) is 9.96. The molecule has 39 heavy (non-hydrogen) atoms. The molecule has 1 aliphatic rings. The van der Waals surface area contributed by atoms with Crippen LogP contribution in [0.2, 0.25) is 5.02 Å². The van der Waals surface area contributed by atoms with Gasteiger partial charge in [0.25, 0.3) is 0 Å². The molecule has 214 valence electrons. The maximum absolute atomic E-state index is 13.6. The third-order valence-electron chi connectivity index (χ3n) is 6.81. The van der Waals surface area contributed by atoms with Crippen molar-refractivity contribution in [2.75, 3.05) is 17.1 Å². The number of benzene rings is 2. The van der Waals surface area contributed by atoms with Crippen LogP contribution in [0.5, 0.6) is 0 Å². The zero-order valence-electron chi connectivity index (χ0n) is 22.1. The zero-order valence-corrected chi connectivity index (χ0v) is 23.7. The average Bonchev–Trinajstić information content (AvgIpc) is 2.86. The molecule has 1 saturated carbocycles. The van der Waals surface area contributed by atoms with Crippen LogP contribution in [0.25, 0.3) is 0 Å². The highest BCUT2D eigenvalue weighted by Gasteiger charge is 2.36. The standard InChI is InChI=1S/C27H33ClF3N3O4S/c1-18-9-11-20(12-10-18)16-33(19(2)26(36)32-21-7-5-4-6-8-21)25(35)17-34(39(3,37)38)22-13-14-24(28)23(15-22)27(29,30)31/h9-15,19,21H,4-8,16-17H2,1-3H3,(H,32,36)/t19-/m1/s1. The number of hydrogen-bond donors (Lipinski definition) is 1. The fraction of sp³-hybridized carbons (Fsp3) is 0.481. The molecule has 12 heteroatoms. The Morgan fingerprint density at radius 3 is 2.26 bits per heavy atom. The summed E-state index contributed by atoms with van der Waals surface area (Å²) >= 11 is 5.71. The molecule has 0 heterocycles. The van der Waals surface area contributed by atoms with Crippen molar-refractivity contribution >= 4 is 39.1 Å². The third-order valence-corrected chi connectivity index (χ3v) is 8.29. The maximum Gasteiger partial charge on any atom is 0.417 e. The molecule has 0 saturated heterocycles. The summed E-state index contributed by atoms with van der Waals surface area (Å²) in [7, 11) is -4.19. The van der Waals surface area contributed by atoms with Gasteiger partial charge >= 0.3 is 6.18 Å². The molecule has 1 aliphatic carbocycles. The Labute approximate surface area is 232 Å². The second kappa shape index (κ2) is 12.6. The Hall–Kier alpha value is -2.79. The van der Waals surface area contributed by atoms with Crippen molar-refractivity contribution < 1.29 is 31.2 Å². The molecule has 2 aromatic carbocycles. The molecule has 1 fully saturated rings. The van der Waals surface area contributed by atoms with E-state index in [1.165, 1.54) is 4.90 Å². The van der Waals surface area contributed by atoms with E-state index in [2.05, 4.69) is 5.32 Å². The van der Waals surface area contributed by atoms with Gasteiger partial charge in [-0.15, -0.1) is 0 Å². The highest BCUT2D eigenvalue weighted by molar-refractivity contribution is 7.92. The van der Waals surface area contributed by atoms with Crippen molar-refractivity contribution in [2.24, 2.45) is 0 Å². The maximum atomic E-state index is 13.6. The van der Waals surface area contributed by atoms with Crippen molar-refractivity contribution in [1.29, 1.82) is 0 Å². The molecule has 1 N–H and O–H groups in total. The van der Waals surface area contributed by atoms with Crippen LogP contribution in [-0.4, -0.2) is 50.0 Å². The number of anilines is 1. The molecule has 0 radical (unpaired) electrons. The molecule has 7 nitrogen and oxygen atoms in total. The number of hydrogen-bond acceptors (Lipinski definition) is 4. The second-order valence-corrected chi connectivity index (χ2v) is 12.3. The number of carbonyl (C=O) groups is 2. The zero-order chi connectivity index (χ0) is 29.0. The number of aryl methyl sites for hydroxylation is 1. The first kappa shape index (κ1) is 30.7. The lowest BCUT2D eigenvalue weighted by molar-refractivity contribution is -0.139. The number of alkyl halides is 3. The summed E-state index contributed by atoms with van der Waals surface area (Å²) in [6.45, 7) is 2.66. The van der Waals surface area contributed by atoms with Crippen LogP contribution in [0.15, 0.2) is 42.5 Å². The fourth-order valence-electron chi connectivity index (χ4n) is 4.54. The Morgan fingerprint density at radius 1 is 1.08 bits per heavy atom. The summed E-state index contributed by atoms with van der Waals surface area (Å²) in [5, 5.41) is 2.39. The molecule has 2 aromatic rings. The molecule has 0 unspecified atom stereocenters. The van der Waals surface area contributed by atoms with Gasteiger partial charge in [-0.05, 0) is 50.5 Å². The molecule has 3 rings (SSSR count). The number of sulfonamides is 1. The Kier molecular flexibility index (Phi) is 9.93.